The van der Waals surface area contributed by atoms with E-state index in [1.807, 2.05) is 13.8 Å². The number of carbonyl (C=O) groups is 1. The zero-order valence-electron chi connectivity index (χ0n) is 16.2. The Morgan fingerprint density at radius 2 is 1.56 bits per heavy atom. The lowest BCUT2D eigenvalue weighted by molar-refractivity contribution is 0.0762. The number of hydrogen-bond acceptors (Lipinski definition) is 3. The van der Waals surface area contributed by atoms with E-state index in [2.05, 4.69) is 32.9 Å². The standard InChI is InChI=1S/C19H30N2O3S/c1-14-12-16(19(3,4)5)13-15(2)17(14)18(22)20-8-7-9-21(11-10-20)25(6,23)24/h12-13H,7-11H2,1-6H3. The van der Waals surface area contributed by atoms with Gasteiger partial charge in [0.2, 0.25) is 10.0 Å². The second kappa shape index (κ2) is 7.08. The van der Waals surface area contributed by atoms with Crippen molar-refractivity contribution >= 4 is 15.9 Å². The van der Waals surface area contributed by atoms with Crippen LogP contribution < -0.4 is 0 Å². The minimum Gasteiger partial charge on any atom is -0.337 e. The van der Waals surface area contributed by atoms with E-state index < -0.39 is 10.0 Å². The maximum Gasteiger partial charge on any atom is 0.254 e. The molecule has 0 saturated carbocycles. The third kappa shape index (κ3) is 4.61. The summed E-state index contributed by atoms with van der Waals surface area (Å²) in [6.07, 6.45) is 1.89. The van der Waals surface area contributed by atoms with Crippen LogP contribution in [-0.2, 0) is 15.4 Å². The van der Waals surface area contributed by atoms with E-state index in [0.717, 1.165) is 16.7 Å². The Morgan fingerprint density at radius 1 is 1.00 bits per heavy atom. The summed E-state index contributed by atoms with van der Waals surface area (Å²) in [5.41, 5.74) is 3.98. The Bertz CT molecular complexity index is 740. The van der Waals surface area contributed by atoms with Gasteiger partial charge in [-0.25, -0.2) is 12.7 Å². The highest BCUT2D eigenvalue weighted by molar-refractivity contribution is 7.88. The molecular weight excluding hydrogens is 336 g/mol. The molecule has 1 aliphatic heterocycles. The second-order valence-electron chi connectivity index (χ2n) is 8.04. The molecule has 0 N–H and O–H groups in total. The van der Waals surface area contributed by atoms with Gasteiger partial charge in [0.25, 0.3) is 5.91 Å². The quantitative estimate of drug-likeness (QED) is 0.809. The summed E-state index contributed by atoms with van der Waals surface area (Å²) in [6, 6.07) is 4.20. The maximum atomic E-state index is 13.1. The molecule has 1 heterocycles. The Morgan fingerprint density at radius 3 is 2.04 bits per heavy atom. The molecule has 1 aromatic carbocycles. The number of hydrogen-bond donors (Lipinski definition) is 0. The van der Waals surface area contributed by atoms with E-state index in [1.165, 1.54) is 16.1 Å². The third-order valence-corrected chi connectivity index (χ3v) is 6.13. The summed E-state index contributed by atoms with van der Waals surface area (Å²) >= 11 is 0. The zero-order valence-corrected chi connectivity index (χ0v) is 17.0. The molecule has 2 rings (SSSR count). The fourth-order valence-corrected chi connectivity index (χ4v) is 4.19. The van der Waals surface area contributed by atoms with Crippen molar-refractivity contribution in [1.29, 1.82) is 0 Å². The molecule has 25 heavy (non-hydrogen) atoms. The van der Waals surface area contributed by atoms with E-state index in [-0.39, 0.29) is 11.3 Å². The molecule has 1 amide bonds. The summed E-state index contributed by atoms with van der Waals surface area (Å²) in [7, 11) is -3.21. The zero-order chi connectivity index (χ0) is 19.0. The van der Waals surface area contributed by atoms with Crippen molar-refractivity contribution in [3.63, 3.8) is 0 Å². The Labute approximate surface area is 152 Å². The molecular formula is C19H30N2O3S. The van der Waals surface area contributed by atoms with Crippen LogP contribution in [0.4, 0.5) is 0 Å². The van der Waals surface area contributed by atoms with Crippen molar-refractivity contribution in [3.8, 4) is 0 Å². The van der Waals surface area contributed by atoms with E-state index in [4.69, 9.17) is 0 Å². The van der Waals surface area contributed by atoms with Crippen molar-refractivity contribution < 1.29 is 13.2 Å². The molecule has 0 unspecified atom stereocenters. The SMILES string of the molecule is Cc1cc(C(C)(C)C)cc(C)c1C(=O)N1CCCN(S(C)(=O)=O)CC1. The maximum absolute atomic E-state index is 13.1. The number of aryl methyl sites for hydroxylation is 2. The van der Waals surface area contributed by atoms with Gasteiger partial charge in [-0.05, 0) is 42.4 Å². The van der Waals surface area contributed by atoms with Crippen LogP contribution >= 0.6 is 0 Å². The van der Waals surface area contributed by atoms with Crippen LogP contribution in [0.25, 0.3) is 0 Å². The highest BCUT2D eigenvalue weighted by atomic mass is 32.2. The number of carbonyl (C=O) groups excluding carboxylic acids is 1. The predicted octanol–water partition coefficient (Wildman–Crippen LogP) is 2.71. The minimum absolute atomic E-state index is 0.00538. The van der Waals surface area contributed by atoms with Crippen molar-refractivity contribution in [1.82, 2.24) is 9.21 Å². The van der Waals surface area contributed by atoms with Crippen LogP contribution in [0.15, 0.2) is 12.1 Å². The van der Waals surface area contributed by atoms with Crippen LogP contribution in [0, 0.1) is 13.8 Å². The van der Waals surface area contributed by atoms with Gasteiger partial charge in [0.1, 0.15) is 0 Å². The molecule has 1 aliphatic rings. The lowest BCUT2D eigenvalue weighted by Gasteiger charge is -2.25. The summed E-state index contributed by atoms with van der Waals surface area (Å²) < 4.78 is 25.0. The van der Waals surface area contributed by atoms with Crippen LogP contribution in [0.5, 0.6) is 0 Å². The first-order valence-corrected chi connectivity index (χ1v) is 10.6. The van der Waals surface area contributed by atoms with Gasteiger partial charge in [-0.15, -0.1) is 0 Å². The minimum atomic E-state index is -3.21. The molecule has 5 nitrogen and oxygen atoms in total. The smallest absolute Gasteiger partial charge is 0.254 e. The Hall–Kier alpha value is -1.40. The molecule has 1 aromatic rings. The van der Waals surface area contributed by atoms with Gasteiger partial charge < -0.3 is 4.90 Å². The van der Waals surface area contributed by atoms with Crippen molar-refractivity contribution in [2.24, 2.45) is 0 Å². The number of rotatable bonds is 2. The Balaban J connectivity index is 2.26. The molecule has 6 heteroatoms. The first-order valence-electron chi connectivity index (χ1n) is 8.77. The molecule has 0 aliphatic carbocycles. The molecule has 0 atom stereocenters. The summed E-state index contributed by atoms with van der Waals surface area (Å²) in [5, 5.41) is 0. The largest absolute Gasteiger partial charge is 0.337 e. The fourth-order valence-electron chi connectivity index (χ4n) is 3.32. The van der Waals surface area contributed by atoms with Crippen molar-refractivity contribution in [2.45, 2.75) is 46.5 Å². The lowest BCUT2D eigenvalue weighted by atomic mass is 9.83. The summed E-state index contributed by atoms with van der Waals surface area (Å²) in [6.45, 7) is 12.3. The number of sulfonamides is 1. The lowest BCUT2D eigenvalue weighted by Crippen LogP contribution is -2.37. The average molecular weight is 367 g/mol. The molecule has 0 bridgehead atoms. The van der Waals surface area contributed by atoms with Gasteiger partial charge in [-0.1, -0.05) is 32.9 Å². The van der Waals surface area contributed by atoms with Gasteiger partial charge in [0.15, 0.2) is 0 Å². The van der Waals surface area contributed by atoms with Gasteiger partial charge >= 0.3 is 0 Å². The molecule has 0 spiro atoms. The monoisotopic (exact) mass is 366 g/mol. The topological polar surface area (TPSA) is 57.7 Å². The van der Waals surface area contributed by atoms with Gasteiger partial charge in [0, 0.05) is 31.7 Å². The third-order valence-electron chi connectivity index (χ3n) is 4.82. The number of amides is 1. The first-order chi connectivity index (χ1) is 11.4. The van der Waals surface area contributed by atoms with E-state index >= 15 is 0 Å². The van der Waals surface area contributed by atoms with Gasteiger partial charge in [0.05, 0.1) is 6.26 Å². The van der Waals surface area contributed by atoms with Crippen LogP contribution in [0.2, 0.25) is 0 Å². The van der Waals surface area contributed by atoms with Gasteiger partial charge in [-0.2, -0.15) is 0 Å². The normalized spacial score (nSPS) is 17.4. The molecule has 1 saturated heterocycles. The molecule has 1 fully saturated rings. The molecule has 140 valence electrons. The predicted molar refractivity (Wildman–Crippen MR) is 102 cm³/mol. The van der Waals surface area contributed by atoms with Gasteiger partial charge in [-0.3, -0.25) is 4.79 Å². The highest BCUT2D eigenvalue weighted by Gasteiger charge is 2.26. The summed E-state index contributed by atoms with van der Waals surface area (Å²) in [5.74, 6) is 0.00538. The van der Waals surface area contributed by atoms with Crippen molar-refractivity contribution in [2.75, 3.05) is 32.4 Å². The highest BCUT2D eigenvalue weighted by Crippen LogP contribution is 2.27. The fraction of sp³-hybridized carbons (Fsp3) is 0.632. The van der Waals surface area contributed by atoms with Crippen LogP contribution in [0.1, 0.15) is 54.2 Å². The van der Waals surface area contributed by atoms with E-state index in [9.17, 15) is 13.2 Å². The average Bonchev–Trinajstić information content (AvgIpc) is 2.70. The van der Waals surface area contributed by atoms with Crippen LogP contribution in [0.3, 0.4) is 0 Å². The van der Waals surface area contributed by atoms with Crippen molar-refractivity contribution in [3.05, 3.63) is 34.4 Å². The summed E-state index contributed by atoms with van der Waals surface area (Å²) in [4.78, 5) is 14.9. The first kappa shape index (κ1) is 19.9. The molecule has 0 aromatic heterocycles. The van der Waals surface area contributed by atoms with Crippen LogP contribution in [-0.4, -0.2) is 56.0 Å². The second-order valence-corrected chi connectivity index (χ2v) is 10.0. The number of nitrogens with zero attached hydrogens (tertiary/aromatic N) is 2. The Kier molecular flexibility index (Phi) is 5.64. The van der Waals surface area contributed by atoms with E-state index in [1.54, 1.807) is 4.90 Å². The van der Waals surface area contributed by atoms with E-state index in [0.29, 0.717) is 32.6 Å². The molecule has 0 radical (unpaired) electrons. The number of benzene rings is 1.